The van der Waals surface area contributed by atoms with E-state index in [4.69, 9.17) is 5.11 Å². The molecular weight excluding hydrogens is 291 g/mol. The van der Waals surface area contributed by atoms with Crippen molar-refractivity contribution >= 4 is 17.4 Å². The molecule has 112 valence electrons. The summed E-state index contributed by atoms with van der Waals surface area (Å²) in [6.45, 7) is 0. The summed E-state index contributed by atoms with van der Waals surface area (Å²) in [5, 5.41) is 10.4. The van der Waals surface area contributed by atoms with Gasteiger partial charge in [-0.2, -0.15) is 13.2 Å². The first-order valence-electron chi connectivity index (χ1n) is 6.41. The zero-order valence-electron chi connectivity index (χ0n) is 11.0. The van der Waals surface area contributed by atoms with E-state index in [1.54, 1.807) is 0 Å². The molecule has 1 aromatic heterocycles. The highest BCUT2D eigenvalue weighted by Crippen LogP contribution is 2.43. The van der Waals surface area contributed by atoms with Gasteiger partial charge in [-0.25, -0.2) is 4.79 Å². The van der Waals surface area contributed by atoms with Gasteiger partial charge in [0.1, 0.15) is 0 Å². The van der Waals surface area contributed by atoms with Crippen LogP contribution in [0.25, 0.3) is 0 Å². The highest BCUT2D eigenvalue weighted by atomic mass is 32.1. The predicted octanol–water partition coefficient (Wildman–Crippen LogP) is 4.40. The van der Waals surface area contributed by atoms with E-state index in [1.807, 2.05) is 0 Å². The third kappa shape index (κ3) is 3.08. The third-order valence-corrected chi connectivity index (χ3v) is 5.00. The minimum absolute atomic E-state index is 0.0851. The molecule has 20 heavy (non-hydrogen) atoms. The fraction of sp³-hybridized carbons (Fsp3) is 0.615. The third-order valence-electron chi connectivity index (χ3n) is 3.92. The van der Waals surface area contributed by atoms with Crippen molar-refractivity contribution < 1.29 is 23.1 Å². The first kappa shape index (κ1) is 15.2. The molecule has 1 aliphatic carbocycles. The SMILES string of the molecule is CN(C(=O)O)C1CCC(c2sccc2C(F)(F)F)CC1. The van der Waals surface area contributed by atoms with Crippen LogP contribution in [-0.4, -0.2) is 29.2 Å². The topological polar surface area (TPSA) is 40.5 Å². The normalized spacial score (nSPS) is 23.6. The highest BCUT2D eigenvalue weighted by molar-refractivity contribution is 7.10. The van der Waals surface area contributed by atoms with Crippen LogP contribution in [0, 0.1) is 0 Å². The molecule has 1 fully saturated rings. The van der Waals surface area contributed by atoms with Crippen molar-refractivity contribution in [3.63, 3.8) is 0 Å². The number of carboxylic acid groups (broad SMARTS) is 1. The van der Waals surface area contributed by atoms with Crippen LogP contribution in [-0.2, 0) is 6.18 Å². The maximum absolute atomic E-state index is 12.9. The molecule has 7 heteroatoms. The number of thiophene rings is 1. The molecular formula is C13H16F3NO2S. The van der Waals surface area contributed by atoms with Crippen LogP contribution < -0.4 is 0 Å². The van der Waals surface area contributed by atoms with Gasteiger partial charge in [0.25, 0.3) is 0 Å². The highest BCUT2D eigenvalue weighted by Gasteiger charge is 2.37. The number of alkyl halides is 3. The van der Waals surface area contributed by atoms with Crippen LogP contribution in [0.15, 0.2) is 11.4 Å². The van der Waals surface area contributed by atoms with E-state index in [9.17, 15) is 18.0 Å². The molecule has 0 bridgehead atoms. The van der Waals surface area contributed by atoms with Gasteiger partial charge in [0.15, 0.2) is 0 Å². The fourth-order valence-corrected chi connectivity index (χ4v) is 3.84. The molecule has 0 unspecified atom stereocenters. The maximum Gasteiger partial charge on any atom is 0.417 e. The van der Waals surface area contributed by atoms with E-state index in [1.165, 1.54) is 17.3 Å². The van der Waals surface area contributed by atoms with Crippen LogP contribution in [0.1, 0.15) is 42.0 Å². The Hall–Kier alpha value is -1.24. The summed E-state index contributed by atoms with van der Waals surface area (Å²) in [6.07, 6.45) is -2.85. The molecule has 2 rings (SSSR count). The van der Waals surface area contributed by atoms with E-state index in [0.29, 0.717) is 30.6 Å². The minimum atomic E-state index is -4.30. The van der Waals surface area contributed by atoms with Crippen molar-refractivity contribution in [2.75, 3.05) is 7.05 Å². The molecule has 1 N–H and O–H groups in total. The van der Waals surface area contributed by atoms with Crippen LogP contribution in [0.5, 0.6) is 0 Å². The standard InChI is InChI=1S/C13H16F3NO2S/c1-17(12(18)19)9-4-2-8(3-5-9)11-10(6-7-20-11)13(14,15)16/h6-9H,2-5H2,1H3,(H,18,19). The van der Waals surface area contributed by atoms with Crippen LogP contribution in [0.2, 0.25) is 0 Å². The lowest BCUT2D eigenvalue weighted by Gasteiger charge is -2.33. The maximum atomic E-state index is 12.9. The number of hydrogen-bond donors (Lipinski definition) is 1. The predicted molar refractivity (Wildman–Crippen MR) is 70.1 cm³/mol. The number of hydrogen-bond acceptors (Lipinski definition) is 2. The van der Waals surface area contributed by atoms with E-state index in [-0.39, 0.29) is 12.0 Å². The Labute approximate surface area is 119 Å². The smallest absolute Gasteiger partial charge is 0.417 e. The zero-order valence-corrected chi connectivity index (χ0v) is 11.8. The van der Waals surface area contributed by atoms with Crippen LogP contribution >= 0.6 is 11.3 Å². The van der Waals surface area contributed by atoms with Gasteiger partial charge in [0.05, 0.1) is 5.56 Å². The van der Waals surface area contributed by atoms with Gasteiger partial charge in [-0.05, 0) is 43.0 Å². The molecule has 1 saturated carbocycles. The Morgan fingerprint density at radius 2 is 1.95 bits per heavy atom. The Balaban J connectivity index is 2.05. The molecule has 1 heterocycles. The van der Waals surface area contributed by atoms with Crippen molar-refractivity contribution in [3.8, 4) is 0 Å². The summed E-state index contributed by atoms with van der Waals surface area (Å²) in [5.74, 6) is -0.106. The Morgan fingerprint density at radius 1 is 1.35 bits per heavy atom. The Bertz CT molecular complexity index is 478. The average Bonchev–Trinajstić information content (AvgIpc) is 2.87. The van der Waals surface area contributed by atoms with Crippen LogP contribution in [0.4, 0.5) is 18.0 Å². The quantitative estimate of drug-likeness (QED) is 0.879. The lowest BCUT2D eigenvalue weighted by Crippen LogP contribution is -2.38. The first-order chi connectivity index (χ1) is 9.30. The number of amides is 1. The largest absolute Gasteiger partial charge is 0.465 e. The molecule has 3 nitrogen and oxygen atoms in total. The van der Waals surface area contributed by atoms with Gasteiger partial charge >= 0.3 is 12.3 Å². The van der Waals surface area contributed by atoms with Gasteiger partial charge in [-0.15, -0.1) is 11.3 Å². The van der Waals surface area contributed by atoms with Gasteiger partial charge in [-0.3, -0.25) is 0 Å². The molecule has 0 radical (unpaired) electrons. The van der Waals surface area contributed by atoms with Crippen molar-refractivity contribution in [2.45, 2.75) is 43.8 Å². The minimum Gasteiger partial charge on any atom is -0.465 e. The molecule has 1 aliphatic rings. The monoisotopic (exact) mass is 307 g/mol. The number of rotatable bonds is 2. The van der Waals surface area contributed by atoms with E-state index in [2.05, 4.69) is 0 Å². The lowest BCUT2D eigenvalue weighted by molar-refractivity contribution is -0.138. The van der Waals surface area contributed by atoms with E-state index < -0.39 is 17.8 Å². The number of halogens is 3. The van der Waals surface area contributed by atoms with Crippen molar-refractivity contribution in [3.05, 3.63) is 21.9 Å². The molecule has 0 aliphatic heterocycles. The Morgan fingerprint density at radius 3 is 2.45 bits per heavy atom. The lowest BCUT2D eigenvalue weighted by atomic mass is 9.83. The molecule has 0 saturated heterocycles. The first-order valence-corrected chi connectivity index (χ1v) is 7.29. The number of carbonyl (C=O) groups is 1. The molecule has 0 aromatic carbocycles. The summed E-state index contributed by atoms with van der Waals surface area (Å²) < 4.78 is 38.6. The second-order valence-electron chi connectivity index (χ2n) is 5.10. The summed E-state index contributed by atoms with van der Waals surface area (Å²) >= 11 is 1.15. The second-order valence-corrected chi connectivity index (χ2v) is 6.04. The zero-order chi connectivity index (χ0) is 14.9. The van der Waals surface area contributed by atoms with Gasteiger partial charge in [0, 0.05) is 18.0 Å². The summed E-state index contributed by atoms with van der Waals surface area (Å²) in [5.41, 5.74) is -0.530. The van der Waals surface area contributed by atoms with E-state index >= 15 is 0 Å². The molecule has 1 amide bonds. The van der Waals surface area contributed by atoms with Crippen molar-refractivity contribution in [2.24, 2.45) is 0 Å². The van der Waals surface area contributed by atoms with Gasteiger partial charge in [0.2, 0.25) is 0 Å². The number of nitrogens with zero attached hydrogens (tertiary/aromatic N) is 1. The Kier molecular flexibility index (Phi) is 4.27. The van der Waals surface area contributed by atoms with E-state index in [0.717, 1.165) is 17.4 Å². The summed E-state index contributed by atoms with van der Waals surface area (Å²) in [7, 11) is 1.51. The summed E-state index contributed by atoms with van der Waals surface area (Å²) in [4.78, 5) is 12.5. The van der Waals surface area contributed by atoms with Gasteiger partial charge < -0.3 is 10.0 Å². The van der Waals surface area contributed by atoms with Crippen LogP contribution in [0.3, 0.4) is 0 Å². The van der Waals surface area contributed by atoms with Crippen molar-refractivity contribution in [1.29, 1.82) is 0 Å². The van der Waals surface area contributed by atoms with Gasteiger partial charge in [-0.1, -0.05) is 0 Å². The van der Waals surface area contributed by atoms with Crippen molar-refractivity contribution in [1.82, 2.24) is 4.90 Å². The fourth-order valence-electron chi connectivity index (χ4n) is 2.75. The molecule has 0 atom stereocenters. The average molecular weight is 307 g/mol. The second kappa shape index (κ2) is 5.63. The molecule has 1 aromatic rings. The molecule has 0 spiro atoms. The summed E-state index contributed by atoms with van der Waals surface area (Å²) in [6, 6.07) is 1.05.